The second-order valence-electron chi connectivity index (χ2n) is 8.23. The van der Waals surface area contributed by atoms with Crippen molar-refractivity contribution in [3.05, 3.63) is 41.3 Å². The van der Waals surface area contributed by atoms with Crippen molar-refractivity contribution in [2.45, 2.75) is 47.1 Å². The SMILES string of the molecule is Cc1cc(-n2c(C)ccc2C)ncc1N1CCN(C(=O)OC(C)(C)C)CC1. The van der Waals surface area contributed by atoms with E-state index in [1.165, 1.54) is 17.0 Å². The van der Waals surface area contributed by atoms with E-state index in [2.05, 4.69) is 48.4 Å². The Hall–Kier alpha value is -2.50. The Morgan fingerprint density at radius 3 is 2.15 bits per heavy atom. The summed E-state index contributed by atoms with van der Waals surface area (Å²) in [6.45, 7) is 14.9. The van der Waals surface area contributed by atoms with Gasteiger partial charge in [0, 0.05) is 37.6 Å². The normalized spacial score (nSPS) is 15.2. The minimum atomic E-state index is -0.459. The Kier molecular flexibility index (Phi) is 5.18. The largest absolute Gasteiger partial charge is 0.444 e. The molecule has 0 saturated carbocycles. The molecule has 1 aliphatic rings. The fraction of sp³-hybridized carbons (Fsp3) is 0.524. The molecule has 0 spiro atoms. The van der Waals surface area contributed by atoms with E-state index in [1.807, 2.05) is 27.0 Å². The van der Waals surface area contributed by atoms with E-state index in [0.29, 0.717) is 13.1 Å². The van der Waals surface area contributed by atoms with Crippen LogP contribution in [0.5, 0.6) is 0 Å². The topological polar surface area (TPSA) is 50.6 Å². The molecule has 2 aromatic rings. The molecule has 27 heavy (non-hydrogen) atoms. The van der Waals surface area contributed by atoms with Crippen LogP contribution in [0.2, 0.25) is 0 Å². The van der Waals surface area contributed by atoms with Crippen LogP contribution < -0.4 is 4.90 Å². The quantitative estimate of drug-likeness (QED) is 0.806. The third-order valence-electron chi connectivity index (χ3n) is 4.84. The number of nitrogens with zero attached hydrogens (tertiary/aromatic N) is 4. The molecule has 0 atom stereocenters. The van der Waals surface area contributed by atoms with Crippen LogP contribution in [0.15, 0.2) is 24.4 Å². The average molecular weight is 370 g/mol. The summed E-state index contributed by atoms with van der Waals surface area (Å²) < 4.78 is 7.64. The van der Waals surface area contributed by atoms with Crippen LogP contribution in [0.1, 0.15) is 37.7 Å². The molecule has 3 heterocycles. The first kappa shape index (κ1) is 19.3. The molecule has 0 unspecified atom stereocenters. The first-order chi connectivity index (χ1) is 12.7. The highest BCUT2D eigenvalue weighted by molar-refractivity contribution is 5.68. The van der Waals surface area contributed by atoms with Gasteiger partial charge in [0.15, 0.2) is 0 Å². The van der Waals surface area contributed by atoms with E-state index in [1.54, 1.807) is 4.90 Å². The minimum Gasteiger partial charge on any atom is -0.444 e. The number of pyridine rings is 1. The number of hydrogen-bond acceptors (Lipinski definition) is 4. The number of anilines is 1. The Labute approximate surface area is 161 Å². The highest BCUT2D eigenvalue weighted by Gasteiger charge is 2.26. The fourth-order valence-electron chi connectivity index (χ4n) is 3.47. The Bertz CT molecular complexity index is 808. The van der Waals surface area contributed by atoms with Crippen LogP contribution in [0.4, 0.5) is 10.5 Å². The van der Waals surface area contributed by atoms with Crippen molar-refractivity contribution in [2.75, 3.05) is 31.1 Å². The first-order valence-corrected chi connectivity index (χ1v) is 9.50. The van der Waals surface area contributed by atoms with E-state index in [0.717, 1.165) is 24.6 Å². The second-order valence-corrected chi connectivity index (χ2v) is 8.23. The van der Waals surface area contributed by atoms with Gasteiger partial charge in [-0.2, -0.15) is 0 Å². The van der Waals surface area contributed by atoms with Crippen molar-refractivity contribution in [1.29, 1.82) is 0 Å². The lowest BCUT2D eigenvalue weighted by Crippen LogP contribution is -2.50. The van der Waals surface area contributed by atoms with Crippen LogP contribution in [0.25, 0.3) is 5.82 Å². The Balaban J connectivity index is 1.69. The lowest BCUT2D eigenvalue weighted by Gasteiger charge is -2.37. The molecule has 0 aromatic carbocycles. The maximum absolute atomic E-state index is 12.2. The zero-order chi connectivity index (χ0) is 19.8. The van der Waals surface area contributed by atoms with Gasteiger partial charge in [0.25, 0.3) is 0 Å². The lowest BCUT2D eigenvalue weighted by molar-refractivity contribution is 0.0240. The molecule has 0 N–H and O–H groups in total. The molecule has 0 bridgehead atoms. The molecule has 2 aromatic heterocycles. The monoisotopic (exact) mass is 370 g/mol. The van der Waals surface area contributed by atoms with E-state index in [-0.39, 0.29) is 6.09 Å². The summed E-state index contributed by atoms with van der Waals surface area (Å²) in [5, 5.41) is 0. The molecule has 146 valence electrons. The van der Waals surface area contributed by atoms with E-state index in [4.69, 9.17) is 9.72 Å². The number of carbonyl (C=O) groups excluding carboxylic acids is 1. The van der Waals surface area contributed by atoms with Gasteiger partial charge in [0.2, 0.25) is 0 Å². The number of aryl methyl sites for hydroxylation is 3. The van der Waals surface area contributed by atoms with Crippen molar-refractivity contribution >= 4 is 11.8 Å². The second kappa shape index (κ2) is 7.25. The highest BCUT2D eigenvalue weighted by atomic mass is 16.6. The molecule has 1 saturated heterocycles. The lowest BCUT2D eigenvalue weighted by atomic mass is 10.2. The van der Waals surface area contributed by atoms with Gasteiger partial charge in [-0.3, -0.25) is 0 Å². The predicted octanol–water partition coefficient (Wildman–Crippen LogP) is 3.85. The van der Waals surface area contributed by atoms with Gasteiger partial charge >= 0.3 is 6.09 Å². The Morgan fingerprint density at radius 1 is 1.04 bits per heavy atom. The molecule has 1 aliphatic heterocycles. The van der Waals surface area contributed by atoms with Crippen LogP contribution in [-0.4, -0.2) is 52.3 Å². The van der Waals surface area contributed by atoms with Crippen molar-refractivity contribution in [2.24, 2.45) is 0 Å². The van der Waals surface area contributed by atoms with Crippen LogP contribution >= 0.6 is 0 Å². The molecule has 1 fully saturated rings. The van der Waals surface area contributed by atoms with Crippen LogP contribution in [-0.2, 0) is 4.74 Å². The fourth-order valence-corrected chi connectivity index (χ4v) is 3.47. The van der Waals surface area contributed by atoms with E-state index in [9.17, 15) is 4.79 Å². The number of aromatic nitrogens is 2. The third kappa shape index (κ3) is 4.26. The van der Waals surface area contributed by atoms with Gasteiger partial charge in [-0.05, 0) is 65.3 Å². The number of carbonyl (C=O) groups is 1. The summed E-state index contributed by atoms with van der Waals surface area (Å²) in [5.41, 5.74) is 4.22. The maximum atomic E-state index is 12.2. The van der Waals surface area contributed by atoms with E-state index < -0.39 is 5.60 Å². The van der Waals surface area contributed by atoms with Gasteiger partial charge in [-0.15, -0.1) is 0 Å². The highest BCUT2D eigenvalue weighted by Crippen LogP contribution is 2.24. The minimum absolute atomic E-state index is 0.231. The summed E-state index contributed by atoms with van der Waals surface area (Å²) in [5.74, 6) is 0.948. The summed E-state index contributed by atoms with van der Waals surface area (Å²) >= 11 is 0. The maximum Gasteiger partial charge on any atom is 0.410 e. The predicted molar refractivity (Wildman–Crippen MR) is 108 cm³/mol. The van der Waals surface area contributed by atoms with Crippen molar-refractivity contribution in [1.82, 2.24) is 14.5 Å². The summed E-state index contributed by atoms with van der Waals surface area (Å²) in [6.07, 6.45) is 1.72. The standard InChI is InChI=1S/C21H30N4O2/c1-15-13-19(25-16(2)7-8-17(25)3)22-14-18(15)23-9-11-24(12-10-23)20(26)27-21(4,5)6/h7-8,13-14H,9-12H2,1-6H3. The van der Waals surface area contributed by atoms with Gasteiger partial charge in [0.05, 0.1) is 11.9 Å². The summed E-state index contributed by atoms with van der Waals surface area (Å²) in [4.78, 5) is 21.0. The zero-order valence-corrected chi connectivity index (χ0v) is 17.2. The van der Waals surface area contributed by atoms with Crippen LogP contribution in [0, 0.1) is 20.8 Å². The van der Waals surface area contributed by atoms with Gasteiger partial charge in [-0.25, -0.2) is 9.78 Å². The smallest absolute Gasteiger partial charge is 0.410 e. The third-order valence-corrected chi connectivity index (χ3v) is 4.84. The van der Waals surface area contributed by atoms with Gasteiger partial charge < -0.3 is 19.1 Å². The number of ether oxygens (including phenoxy) is 1. The molecule has 3 rings (SSSR count). The van der Waals surface area contributed by atoms with Crippen LogP contribution in [0.3, 0.4) is 0 Å². The molecule has 6 heteroatoms. The average Bonchev–Trinajstić information content (AvgIpc) is 2.92. The number of amides is 1. The molecule has 1 amide bonds. The summed E-state index contributed by atoms with van der Waals surface area (Å²) in [7, 11) is 0. The number of hydrogen-bond donors (Lipinski definition) is 0. The Morgan fingerprint density at radius 2 is 1.63 bits per heavy atom. The van der Waals surface area contributed by atoms with Crippen molar-refractivity contribution in [3.8, 4) is 5.82 Å². The molecular formula is C21H30N4O2. The number of piperazine rings is 1. The van der Waals surface area contributed by atoms with E-state index >= 15 is 0 Å². The molecule has 0 aliphatic carbocycles. The first-order valence-electron chi connectivity index (χ1n) is 9.50. The van der Waals surface area contributed by atoms with Gasteiger partial charge in [0.1, 0.15) is 11.4 Å². The van der Waals surface area contributed by atoms with Gasteiger partial charge in [-0.1, -0.05) is 0 Å². The molecule has 0 radical (unpaired) electrons. The summed E-state index contributed by atoms with van der Waals surface area (Å²) in [6, 6.07) is 6.35. The van der Waals surface area contributed by atoms with Crippen molar-refractivity contribution in [3.63, 3.8) is 0 Å². The molecule has 6 nitrogen and oxygen atoms in total. The van der Waals surface area contributed by atoms with Crippen molar-refractivity contribution < 1.29 is 9.53 Å². The number of rotatable bonds is 2. The molecular weight excluding hydrogens is 340 g/mol. The zero-order valence-electron chi connectivity index (χ0n) is 17.2.